The number of nitrogens with zero attached hydrogens (tertiary/aromatic N) is 4. The third kappa shape index (κ3) is 5.27. The van der Waals surface area contributed by atoms with E-state index >= 15 is 0 Å². The van der Waals surface area contributed by atoms with Gasteiger partial charge in [-0.15, -0.1) is 5.10 Å². The number of hydrogen-bond acceptors (Lipinski definition) is 6. The van der Waals surface area contributed by atoms with Crippen LogP contribution < -0.4 is 5.32 Å². The lowest BCUT2D eigenvalue weighted by Crippen LogP contribution is -2.45. The van der Waals surface area contributed by atoms with E-state index in [1.807, 2.05) is 54.6 Å². The number of hydrogen-bond donors (Lipinski definition) is 1. The number of aromatic nitrogens is 3. The van der Waals surface area contributed by atoms with Gasteiger partial charge < -0.3 is 19.4 Å². The molecule has 0 unspecified atom stereocenters. The molecule has 2 aromatic carbocycles. The molecule has 0 fully saturated rings. The van der Waals surface area contributed by atoms with Gasteiger partial charge in [0.1, 0.15) is 23.9 Å². The Hall–Kier alpha value is -3.98. The predicted molar refractivity (Wildman–Crippen MR) is 121 cm³/mol. The first-order valence-electron chi connectivity index (χ1n) is 10.6. The summed E-state index contributed by atoms with van der Waals surface area (Å²) in [6.07, 6.45) is 1.54. The molecular weight excluding hydrogens is 422 g/mol. The molecule has 2 aromatic heterocycles. The Morgan fingerprint density at radius 1 is 1.09 bits per heavy atom. The van der Waals surface area contributed by atoms with Crippen molar-refractivity contribution in [1.29, 1.82) is 0 Å². The van der Waals surface area contributed by atoms with E-state index in [9.17, 15) is 9.59 Å². The zero-order valence-corrected chi connectivity index (χ0v) is 18.3. The molecule has 0 aliphatic carbocycles. The quantitative estimate of drug-likeness (QED) is 0.375. The number of rotatable bonds is 10. The Kier molecular flexibility index (Phi) is 7.11. The molecular formula is C24H25N5O4. The molecule has 4 rings (SSSR count). The highest BCUT2D eigenvalue weighted by molar-refractivity contribution is 5.89. The molecule has 0 bridgehead atoms. The van der Waals surface area contributed by atoms with Gasteiger partial charge in [0, 0.05) is 13.7 Å². The average molecular weight is 447 g/mol. The molecule has 170 valence electrons. The molecule has 2 heterocycles. The molecule has 1 N–H and O–H groups in total. The maximum atomic E-state index is 13.6. The van der Waals surface area contributed by atoms with Gasteiger partial charge in [-0.2, -0.15) is 0 Å². The third-order valence-corrected chi connectivity index (χ3v) is 5.21. The van der Waals surface area contributed by atoms with Crippen LogP contribution in [0.15, 0.2) is 77.4 Å². The molecule has 0 aliphatic heterocycles. The van der Waals surface area contributed by atoms with Crippen LogP contribution in [0.4, 0.5) is 0 Å². The first-order valence-corrected chi connectivity index (χ1v) is 10.6. The predicted octanol–water partition coefficient (Wildman–Crippen LogP) is 2.56. The normalized spacial score (nSPS) is 11.9. The number of para-hydroxylation sites is 1. The van der Waals surface area contributed by atoms with Gasteiger partial charge in [0.15, 0.2) is 0 Å². The maximum absolute atomic E-state index is 13.6. The number of fused-ring (bicyclic) bond motifs is 1. The Balaban J connectivity index is 1.68. The number of nitrogens with one attached hydrogen (secondary N) is 1. The third-order valence-electron chi connectivity index (χ3n) is 5.21. The summed E-state index contributed by atoms with van der Waals surface area (Å²) in [7, 11) is 1.57. The number of carbonyl (C=O) groups is 2. The van der Waals surface area contributed by atoms with Crippen molar-refractivity contribution in [3.8, 4) is 0 Å². The Morgan fingerprint density at radius 2 is 1.88 bits per heavy atom. The summed E-state index contributed by atoms with van der Waals surface area (Å²) in [4.78, 5) is 28.4. The number of ether oxygens (including phenoxy) is 1. The second-order valence-corrected chi connectivity index (χ2v) is 7.43. The number of methoxy groups -OCH3 is 1. The monoisotopic (exact) mass is 447 g/mol. The van der Waals surface area contributed by atoms with E-state index in [1.165, 1.54) is 9.58 Å². The summed E-state index contributed by atoms with van der Waals surface area (Å²) in [6.45, 7) is 0.741. The fourth-order valence-corrected chi connectivity index (χ4v) is 3.63. The highest BCUT2D eigenvalue weighted by Gasteiger charge is 2.32. The van der Waals surface area contributed by atoms with Crippen LogP contribution in [0.3, 0.4) is 0 Å². The van der Waals surface area contributed by atoms with Gasteiger partial charge in [-0.3, -0.25) is 9.59 Å². The fraction of sp³-hybridized carbons (Fsp3) is 0.250. The Morgan fingerprint density at radius 3 is 2.64 bits per heavy atom. The lowest BCUT2D eigenvalue weighted by molar-refractivity contribution is -0.142. The SMILES string of the molecule is COCCNC(=O)[C@H](c1ccccc1)N(Cc1ccco1)C(=O)Cn1nnc2ccccc21. The minimum absolute atomic E-state index is 0.0735. The van der Waals surface area contributed by atoms with Crippen molar-refractivity contribution in [3.63, 3.8) is 0 Å². The van der Waals surface area contributed by atoms with Crippen LogP contribution in [0.5, 0.6) is 0 Å². The first-order chi connectivity index (χ1) is 16.2. The summed E-state index contributed by atoms with van der Waals surface area (Å²) in [6, 6.07) is 19.3. The molecule has 2 amide bonds. The van der Waals surface area contributed by atoms with E-state index in [2.05, 4.69) is 15.6 Å². The van der Waals surface area contributed by atoms with E-state index in [1.54, 1.807) is 25.5 Å². The highest BCUT2D eigenvalue weighted by atomic mass is 16.5. The molecule has 0 spiro atoms. The molecule has 33 heavy (non-hydrogen) atoms. The van der Waals surface area contributed by atoms with E-state index in [0.717, 1.165) is 5.52 Å². The van der Waals surface area contributed by atoms with Gasteiger partial charge in [0.25, 0.3) is 0 Å². The second-order valence-electron chi connectivity index (χ2n) is 7.43. The van der Waals surface area contributed by atoms with Crippen LogP contribution in [0.1, 0.15) is 17.4 Å². The number of amides is 2. The van der Waals surface area contributed by atoms with Crippen molar-refractivity contribution in [2.45, 2.75) is 19.1 Å². The fourth-order valence-electron chi connectivity index (χ4n) is 3.63. The molecule has 9 heteroatoms. The second kappa shape index (κ2) is 10.6. The standard InChI is InChI=1S/C24H25N5O4/c1-32-15-13-25-24(31)23(18-8-3-2-4-9-18)28(16-19-10-7-14-33-19)22(30)17-29-21-12-6-5-11-20(21)26-27-29/h2-12,14,23H,13,15-17H2,1H3,(H,25,31)/t23-/m0/s1. The topological polar surface area (TPSA) is 102 Å². The Labute approximate surface area is 190 Å². The summed E-state index contributed by atoms with van der Waals surface area (Å²) in [5, 5.41) is 11.1. The van der Waals surface area contributed by atoms with Gasteiger partial charge in [0.2, 0.25) is 11.8 Å². The minimum atomic E-state index is -0.865. The average Bonchev–Trinajstić information content (AvgIpc) is 3.50. The maximum Gasteiger partial charge on any atom is 0.247 e. The van der Waals surface area contributed by atoms with Crippen LogP contribution in [0.2, 0.25) is 0 Å². The molecule has 9 nitrogen and oxygen atoms in total. The van der Waals surface area contributed by atoms with Crippen LogP contribution in [-0.2, 0) is 27.4 Å². The molecule has 0 radical (unpaired) electrons. The number of benzene rings is 2. The van der Waals surface area contributed by atoms with Gasteiger partial charge in [-0.1, -0.05) is 47.7 Å². The van der Waals surface area contributed by atoms with Gasteiger partial charge >= 0.3 is 0 Å². The zero-order chi connectivity index (χ0) is 23.0. The zero-order valence-electron chi connectivity index (χ0n) is 18.3. The van der Waals surface area contributed by atoms with E-state index < -0.39 is 6.04 Å². The van der Waals surface area contributed by atoms with Crippen LogP contribution in [0.25, 0.3) is 11.0 Å². The van der Waals surface area contributed by atoms with Crippen LogP contribution in [-0.4, -0.2) is 52.0 Å². The van der Waals surface area contributed by atoms with Crippen molar-refractivity contribution in [2.75, 3.05) is 20.3 Å². The van der Waals surface area contributed by atoms with Gasteiger partial charge in [0.05, 0.1) is 24.9 Å². The lowest BCUT2D eigenvalue weighted by Gasteiger charge is -2.31. The lowest BCUT2D eigenvalue weighted by atomic mass is 10.0. The summed E-state index contributed by atoms with van der Waals surface area (Å²) >= 11 is 0. The highest BCUT2D eigenvalue weighted by Crippen LogP contribution is 2.25. The minimum Gasteiger partial charge on any atom is -0.467 e. The van der Waals surface area contributed by atoms with Gasteiger partial charge in [-0.05, 0) is 29.8 Å². The van der Waals surface area contributed by atoms with Crippen molar-refractivity contribution in [1.82, 2.24) is 25.2 Å². The summed E-state index contributed by atoms with van der Waals surface area (Å²) in [5.41, 5.74) is 2.13. The van der Waals surface area contributed by atoms with Gasteiger partial charge in [-0.25, -0.2) is 4.68 Å². The van der Waals surface area contributed by atoms with E-state index in [-0.39, 0.29) is 24.9 Å². The van der Waals surface area contributed by atoms with Crippen molar-refractivity contribution in [2.24, 2.45) is 0 Å². The van der Waals surface area contributed by atoms with Crippen molar-refractivity contribution >= 4 is 22.8 Å². The number of carbonyl (C=O) groups excluding carboxylic acids is 2. The summed E-state index contributed by atoms with van der Waals surface area (Å²) < 4.78 is 12.1. The van der Waals surface area contributed by atoms with E-state index in [4.69, 9.17) is 9.15 Å². The van der Waals surface area contributed by atoms with Crippen LogP contribution in [0, 0.1) is 0 Å². The molecule has 0 saturated heterocycles. The Bertz CT molecular complexity index is 1190. The van der Waals surface area contributed by atoms with E-state index in [0.29, 0.717) is 30.0 Å². The number of furan rings is 1. The summed E-state index contributed by atoms with van der Waals surface area (Å²) in [5.74, 6) is -0.0307. The molecule has 0 saturated carbocycles. The molecule has 4 aromatic rings. The smallest absolute Gasteiger partial charge is 0.247 e. The van der Waals surface area contributed by atoms with Crippen molar-refractivity contribution < 1.29 is 18.7 Å². The molecule has 0 aliphatic rings. The first kappa shape index (κ1) is 22.2. The van der Waals surface area contributed by atoms with Crippen LogP contribution >= 0.6 is 0 Å². The molecule has 1 atom stereocenters. The largest absolute Gasteiger partial charge is 0.467 e. The van der Waals surface area contributed by atoms with Crippen molar-refractivity contribution in [3.05, 3.63) is 84.3 Å².